The second-order valence-corrected chi connectivity index (χ2v) is 6.45. The van der Waals surface area contributed by atoms with Crippen LogP contribution in [0.25, 0.3) is 0 Å². The Hall–Kier alpha value is -3.95. The zero-order valence-corrected chi connectivity index (χ0v) is 16.5. The lowest BCUT2D eigenvalue weighted by Crippen LogP contribution is -2.50. The third-order valence-corrected chi connectivity index (χ3v) is 4.04. The Morgan fingerprint density at radius 1 is 0.933 bits per heavy atom. The van der Waals surface area contributed by atoms with Crippen molar-refractivity contribution in [3.05, 3.63) is 70.3 Å². The molecule has 30 heavy (non-hydrogen) atoms. The minimum absolute atomic E-state index is 0.0645. The first-order valence-corrected chi connectivity index (χ1v) is 9.09. The van der Waals surface area contributed by atoms with Gasteiger partial charge in [0.1, 0.15) is 18.7 Å². The van der Waals surface area contributed by atoms with Gasteiger partial charge in [0, 0.05) is 17.8 Å². The molecular formula is C20H22N4O6. The zero-order valence-electron chi connectivity index (χ0n) is 16.5. The Morgan fingerprint density at radius 3 is 2.13 bits per heavy atom. The van der Waals surface area contributed by atoms with Crippen LogP contribution in [0.1, 0.15) is 19.4 Å². The largest absolute Gasteiger partial charge is 0.445 e. The van der Waals surface area contributed by atoms with Crippen molar-refractivity contribution in [2.75, 3.05) is 5.32 Å². The number of hydrogen-bond donors (Lipinski definition) is 3. The highest BCUT2D eigenvalue weighted by molar-refractivity contribution is 5.97. The Kier molecular flexibility index (Phi) is 7.86. The number of hydrogen-bond acceptors (Lipinski definition) is 6. The summed E-state index contributed by atoms with van der Waals surface area (Å²) in [6, 6.07) is 12.5. The summed E-state index contributed by atoms with van der Waals surface area (Å²) in [5.41, 5.74) is 1.05. The lowest BCUT2D eigenvalue weighted by molar-refractivity contribution is -0.384. The van der Waals surface area contributed by atoms with Gasteiger partial charge in [-0.15, -0.1) is 0 Å². The number of rotatable bonds is 8. The van der Waals surface area contributed by atoms with Crippen molar-refractivity contribution in [1.29, 1.82) is 0 Å². The quantitative estimate of drug-likeness (QED) is 0.447. The van der Waals surface area contributed by atoms with Crippen molar-refractivity contribution in [1.82, 2.24) is 10.6 Å². The number of amides is 3. The van der Waals surface area contributed by atoms with Gasteiger partial charge in [-0.1, -0.05) is 30.3 Å². The van der Waals surface area contributed by atoms with Crippen molar-refractivity contribution in [3.8, 4) is 0 Å². The second kappa shape index (κ2) is 10.6. The maximum Gasteiger partial charge on any atom is 0.408 e. The first-order valence-electron chi connectivity index (χ1n) is 9.09. The summed E-state index contributed by atoms with van der Waals surface area (Å²) in [6.45, 7) is 2.99. The van der Waals surface area contributed by atoms with Gasteiger partial charge >= 0.3 is 6.09 Å². The predicted octanol–water partition coefficient (Wildman–Crippen LogP) is 2.35. The van der Waals surface area contributed by atoms with Gasteiger partial charge in [-0.2, -0.15) is 0 Å². The summed E-state index contributed by atoms with van der Waals surface area (Å²) in [7, 11) is 0. The van der Waals surface area contributed by atoms with Crippen molar-refractivity contribution < 1.29 is 24.0 Å². The topological polar surface area (TPSA) is 140 Å². The summed E-state index contributed by atoms with van der Waals surface area (Å²) in [4.78, 5) is 46.3. The molecule has 0 spiro atoms. The monoisotopic (exact) mass is 414 g/mol. The third kappa shape index (κ3) is 6.89. The number of carbonyl (C=O) groups is 3. The van der Waals surface area contributed by atoms with E-state index in [0.717, 1.165) is 5.56 Å². The van der Waals surface area contributed by atoms with Gasteiger partial charge in [0.15, 0.2) is 0 Å². The molecule has 2 aromatic rings. The average molecular weight is 414 g/mol. The van der Waals surface area contributed by atoms with Gasteiger partial charge in [0.2, 0.25) is 11.8 Å². The number of anilines is 1. The normalized spacial score (nSPS) is 12.2. The van der Waals surface area contributed by atoms with E-state index in [2.05, 4.69) is 16.0 Å². The van der Waals surface area contributed by atoms with Crippen molar-refractivity contribution >= 4 is 29.3 Å². The Balaban J connectivity index is 1.78. The molecule has 0 heterocycles. The van der Waals surface area contributed by atoms with E-state index in [0.29, 0.717) is 5.69 Å². The molecule has 10 nitrogen and oxygen atoms in total. The maximum absolute atomic E-state index is 12.2. The van der Waals surface area contributed by atoms with Crippen LogP contribution in [-0.4, -0.2) is 34.9 Å². The molecular weight excluding hydrogens is 392 g/mol. The molecule has 0 saturated carbocycles. The van der Waals surface area contributed by atoms with Gasteiger partial charge in [-0.05, 0) is 31.5 Å². The molecule has 2 atom stereocenters. The fourth-order valence-electron chi connectivity index (χ4n) is 2.33. The van der Waals surface area contributed by atoms with Crippen LogP contribution in [0.3, 0.4) is 0 Å². The first-order chi connectivity index (χ1) is 14.3. The van der Waals surface area contributed by atoms with Gasteiger partial charge in [-0.25, -0.2) is 4.79 Å². The van der Waals surface area contributed by atoms with E-state index >= 15 is 0 Å². The minimum Gasteiger partial charge on any atom is -0.445 e. The Morgan fingerprint density at radius 2 is 1.53 bits per heavy atom. The van der Waals surface area contributed by atoms with Crippen molar-refractivity contribution in [3.63, 3.8) is 0 Å². The highest BCUT2D eigenvalue weighted by atomic mass is 16.6. The van der Waals surface area contributed by atoms with E-state index in [1.54, 1.807) is 12.1 Å². The van der Waals surface area contributed by atoms with Crippen molar-refractivity contribution in [2.45, 2.75) is 32.5 Å². The molecule has 0 bridgehead atoms. The molecule has 0 aliphatic heterocycles. The summed E-state index contributed by atoms with van der Waals surface area (Å²) in [5, 5.41) is 18.1. The van der Waals surface area contributed by atoms with Crippen LogP contribution < -0.4 is 16.0 Å². The van der Waals surface area contributed by atoms with Crippen LogP contribution in [-0.2, 0) is 20.9 Å². The Labute approximate surface area is 172 Å². The second-order valence-electron chi connectivity index (χ2n) is 6.45. The van der Waals surface area contributed by atoms with Crippen molar-refractivity contribution in [2.24, 2.45) is 0 Å². The van der Waals surface area contributed by atoms with Crippen LogP contribution >= 0.6 is 0 Å². The summed E-state index contributed by atoms with van der Waals surface area (Å²) in [5.74, 6) is -1.09. The SMILES string of the molecule is C[C@H](NC(=O)OCc1ccccc1)C(=O)N[C@@H](C)C(=O)Nc1ccc([N+](=O)[O-])cc1. The highest BCUT2D eigenvalue weighted by Crippen LogP contribution is 2.15. The summed E-state index contributed by atoms with van der Waals surface area (Å²) in [6.07, 6.45) is -0.760. The van der Waals surface area contributed by atoms with Crippen LogP contribution in [0.15, 0.2) is 54.6 Å². The Bertz CT molecular complexity index is 901. The molecule has 158 valence electrons. The number of benzene rings is 2. The lowest BCUT2D eigenvalue weighted by atomic mass is 10.2. The van der Waals surface area contributed by atoms with Gasteiger partial charge in [-0.3, -0.25) is 19.7 Å². The molecule has 2 rings (SSSR count). The molecule has 0 aromatic heterocycles. The standard InChI is InChI=1S/C20H22N4O6/c1-13(19(26)23-16-8-10-17(11-9-16)24(28)29)21-18(25)14(2)22-20(27)30-12-15-6-4-3-5-7-15/h3-11,13-14H,12H2,1-2H3,(H,21,25)(H,22,27)(H,23,26)/t13-,14-/m0/s1. The minimum atomic E-state index is -0.928. The van der Waals surface area contributed by atoms with E-state index in [1.807, 2.05) is 18.2 Å². The van der Waals surface area contributed by atoms with Crippen LogP contribution in [0.2, 0.25) is 0 Å². The number of non-ortho nitro benzene ring substituents is 1. The summed E-state index contributed by atoms with van der Waals surface area (Å²) >= 11 is 0. The third-order valence-electron chi connectivity index (χ3n) is 4.04. The van der Waals surface area contributed by atoms with Crippen LogP contribution in [0.5, 0.6) is 0 Å². The maximum atomic E-state index is 12.2. The lowest BCUT2D eigenvalue weighted by Gasteiger charge is -2.18. The fraction of sp³-hybridized carbons (Fsp3) is 0.250. The molecule has 3 amide bonds. The smallest absolute Gasteiger partial charge is 0.408 e. The van der Waals surface area contributed by atoms with Crippen LogP contribution in [0.4, 0.5) is 16.2 Å². The molecule has 0 radical (unpaired) electrons. The molecule has 3 N–H and O–H groups in total. The van der Waals surface area contributed by atoms with Crippen LogP contribution in [0, 0.1) is 10.1 Å². The number of nitrogens with zero attached hydrogens (tertiary/aromatic N) is 1. The molecule has 0 unspecified atom stereocenters. The van der Waals surface area contributed by atoms with E-state index in [4.69, 9.17) is 4.74 Å². The molecule has 2 aromatic carbocycles. The van der Waals surface area contributed by atoms with Gasteiger partial charge in [0.25, 0.3) is 5.69 Å². The summed E-state index contributed by atoms with van der Waals surface area (Å²) < 4.78 is 5.05. The predicted molar refractivity (Wildman–Crippen MR) is 109 cm³/mol. The molecule has 0 fully saturated rings. The molecule has 0 aliphatic carbocycles. The molecule has 10 heteroatoms. The van der Waals surface area contributed by atoms with Gasteiger partial charge in [0.05, 0.1) is 4.92 Å². The number of nitro groups is 1. The molecule has 0 aliphatic rings. The number of alkyl carbamates (subject to hydrolysis) is 1. The zero-order chi connectivity index (χ0) is 22.1. The fourth-order valence-corrected chi connectivity index (χ4v) is 2.33. The number of carbonyl (C=O) groups excluding carboxylic acids is 3. The van der Waals surface area contributed by atoms with E-state index in [1.165, 1.54) is 38.1 Å². The number of nitro benzene ring substituents is 1. The van der Waals surface area contributed by atoms with E-state index in [-0.39, 0.29) is 12.3 Å². The van der Waals surface area contributed by atoms with E-state index < -0.39 is 34.9 Å². The number of ether oxygens (including phenoxy) is 1. The molecule has 0 saturated heterocycles. The number of nitrogens with one attached hydrogen (secondary N) is 3. The van der Waals surface area contributed by atoms with E-state index in [9.17, 15) is 24.5 Å². The average Bonchev–Trinajstić information content (AvgIpc) is 2.73. The van der Waals surface area contributed by atoms with Gasteiger partial charge < -0.3 is 20.7 Å². The highest BCUT2D eigenvalue weighted by Gasteiger charge is 2.21. The first kappa shape index (κ1) is 22.3.